The molecule has 1 aromatic heterocycles. The van der Waals surface area contributed by atoms with E-state index in [4.69, 9.17) is 27.9 Å². The Labute approximate surface area is 127 Å². The number of halogens is 2. The average Bonchev–Trinajstić information content (AvgIpc) is 2.99. The standard InChI is InChI=1S/C14H14Cl2N2O2/c1-2-12(19)20-13(10-3-5-11(15)6-4-10)14(16)18-8-7-17-9-18/h3-9,13-14H,2H2,1H3. The first-order valence-electron chi connectivity index (χ1n) is 6.18. The second-order valence-electron chi connectivity index (χ2n) is 4.20. The molecule has 2 rings (SSSR count). The lowest BCUT2D eigenvalue weighted by Crippen LogP contribution is -2.18. The zero-order valence-electron chi connectivity index (χ0n) is 10.9. The van der Waals surface area contributed by atoms with Gasteiger partial charge in [-0.3, -0.25) is 4.79 Å². The normalized spacial score (nSPS) is 13.8. The molecule has 0 aliphatic carbocycles. The molecule has 0 amide bonds. The van der Waals surface area contributed by atoms with Gasteiger partial charge in [-0.15, -0.1) is 0 Å². The van der Waals surface area contributed by atoms with Gasteiger partial charge in [-0.25, -0.2) is 4.98 Å². The summed E-state index contributed by atoms with van der Waals surface area (Å²) < 4.78 is 7.13. The Bertz CT molecular complexity index is 555. The zero-order chi connectivity index (χ0) is 14.5. The van der Waals surface area contributed by atoms with Gasteiger partial charge in [0.15, 0.2) is 6.10 Å². The van der Waals surface area contributed by atoms with Crippen molar-refractivity contribution < 1.29 is 9.53 Å². The van der Waals surface area contributed by atoms with Gasteiger partial charge in [0.1, 0.15) is 5.50 Å². The molecule has 20 heavy (non-hydrogen) atoms. The molecule has 0 fully saturated rings. The van der Waals surface area contributed by atoms with E-state index in [-0.39, 0.29) is 12.4 Å². The number of benzene rings is 1. The lowest BCUT2D eigenvalue weighted by molar-refractivity contribution is -0.150. The van der Waals surface area contributed by atoms with Gasteiger partial charge in [-0.2, -0.15) is 0 Å². The molecule has 6 heteroatoms. The summed E-state index contributed by atoms with van der Waals surface area (Å²) in [7, 11) is 0. The van der Waals surface area contributed by atoms with Gasteiger partial charge in [0.05, 0.1) is 6.33 Å². The Morgan fingerprint density at radius 2 is 2.10 bits per heavy atom. The third-order valence-electron chi connectivity index (χ3n) is 2.81. The van der Waals surface area contributed by atoms with Gasteiger partial charge >= 0.3 is 5.97 Å². The Morgan fingerprint density at radius 3 is 2.65 bits per heavy atom. The summed E-state index contributed by atoms with van der Waals surface area (Å²) in [6.45, 7) is 1.74. The minimum atomic E-state index is -0.601. The number of hydrogen-bond donors (Lipinski definition) is 0. The molecule has 0 radical (unpaired) electrons. The van der Waals surface area contributed by atoms with Crippen LogP contribution in [0.2, 0.25) is 5.02 Å². The van der Waals surface area contributed by atoms with Crippen molar-refractivity contribution in [2.45, 2.75) is 24.9 Å². The summed E-state index contributed by atoms with van der Waals surface area (Å²) >= 11 is 12.3. The quantitative estimate of drug-likeness (QED) is 0.620. The number of carbonyl (C=O) groups is 1. The van der Waals surface area contributed by atoms with Crippen LogP contribution in [0.15, 0.2) is 43.0 Å². The molecule has 1 heterocycles. The molecule has 1 aromatic carbocycles. The highest BCUT2D eigenvalue weighted by Gasteiger charge is 2.26. The lowest BCUT2D eigenvalue weighted by atomic mass is 10.1. The predicted molar refractivity (Wildman–Crippen MR) is 77.7 cm³/mol. The number of nitrogens with zero attached hydrogens (tertiary/aromatic N) is 2. The van der Waals surface area contributed by atoms with Gasteiger partial charge in [0, 0.05) is 23.8 Å². The van der Waals surface area contributed by atoms with Crippen molar-refractivity contribution in [2.75, 3.05) is 0 Å². The van der Waals surface area contributed by atoms with E-state index in [2.05, 4.69) is 4.98 Å². The highest BCUT2D eigenvalue weighted by atomic mass is 35.5. The van der Waals surface area contributed by atoms with Crippen LogP contribution in [0.25, 0.3) is 0 Å². The number of aromatic nitrogens is 2. The van der Waals surface area contributed by atoms with Gasteiger partial charge in [0.2, 0.25) is 0 Å². The van der Waals surface area contributed by atoms with Gasteiger partial charge in [-0.1, -0.05) is 42.3 Å². The Balaban J connectivity index is 2.28. The molecule has 0 saturated carbocycles. The molecule has 4 nitrogen and oxygen atoms in total. The minimum Gasteiger partial charge on any atom is -0.454 e. The molecular formula is C14H14Cl2N2O2. The number of esters is 1. The summed E-state index contributed by atoms with van der Waals surface area (Å²) in [5.74, 6) is -0.310. The van der Waals surface area contributed by atoms with Crippen molar-refractivity contribution in [2.24, 2.45) is 0 Å². The van der Waals surface area contributed by atoms with E-state index in [1.807, 2.05) is 0 Å². The second kappa shape index (κ2) is 6.77. The van der Waals surface area contributed by atoms with Crippen LogP contribution in [0.3, 0.4) is 0 Å². The molecule has 0 saturated heterocycles. The smallest absolute Gasteiger partial charge is 0.306 e. The summed E-state index contributed by atoms with van der Waals surface area (Å²) in [4.78, 5) is 15.6. The highest BCUT2D eigenvalue weighted by molar-refractivity contribution is 6.30. The first-order chi connectivity index (χ1) is 9.61. The Hall–Kier alpha value is -1.52. The van der Waals surface area contributed by atoms with Gasteiger partial charge < -0.3 is 9.30 Å². The summed E-state index contributed by atoms with van der Waals surface area (Å²) in [6.07, 6.45) is 4.62. The zero-order valence-corrected chi connectivity index (χ0v) is 12.4. The van der Waals surface area contributed by atoms with Crippen LogP contribution in [0.4, 0.5) is 0 Å². The maximum atomic E-state index is 11.6. The largest absolute Gasteiger partial charge is 0.454 e. The van der Waals surface area contributed by atoms with Crippen molar-refractivity contribution in [1.82, 2.24) is 9.55 Å². The first-order valence-corrected chi connectivity index (χ1v) is 6.99. The molecule has 0 bridgehead atoms. The van der Waals surface area contributed by atoms with Crippen molar-refractivity contribution in [1.29, 1.82) is 0 Å². The molecule has 106 valence electrons. The number of ether oxygens (including phenoxy) is 1. The van der Waals surface area contributed by atoms with Crippen molar-refractivity contribution >= 4 is 29.2 Å². The number of hydrogen-bond acceptors (Lipinski definition) is 3. The fourth-order valence-corrected chi connectivity index (χ4v) is 2.17. The highest BCUT2D eigenvalue weighted by Crippen LogP contribution is 2.34. The lowest BCUT2D eigenvalue weighted by Gasteiger charge is -2.23. The molecule has 0 N–H and O–H groups in total. The third kappa shape index (κ3) is 3.52. The average molecular weight is 313 g/mol. The van der Waals surface area contributed by atoms with Crippen LogP contribution >= 0.6 is 23.2 Å². The van der Waals surface area contributed by atoms with Crippen LogP contribution in [-0.4, -0.2) is 15.5 Å². The molecular weight excluding hydrogens is 299 g/mol. The number of rotatable bonds is 5. The molecule has 2 unspecified atom stereocenters. The maximum absolute atomic E-state index is 11.6. The van der Waals surface area contributed by atoms with Crippen molar-refractivity contribution in [3.8, 4) is 0 Å². The van der Waals surface area contributed by atoms with Crippen molar-refractivity contribution in [3.63, 3.8) is 0 Å². The fraction of sp³-hybridized carbons (Fsp3) is 0.286. The van der Waals surface area contributed by atoms with E-state index in [1.165, 1.54) is 0 Å². The summed E-state index contributed by atoms with van der Waals surface area (Å²) in [5, 5.41) is 0.614. The van der Waals surface area contributed by atoms with Crippen LogP contribution < -0.4 is 0 Å². The van der Waals surface area contributed by atoms with Crippen LogP contribution in [-0.2, 0) is 9.53 Å². The number of imidazole rings is 1. The van der Waals surface area contributed by atoms with E-state index in [1.54, 1.807) is 54.5 Å². The first kappa shape index (κ1) is 14.9. The van der Waals surface area contributed by atoms with E-state index < -0.39 is 11.6 Å². The SMILES string of the molecule is CCC(=O)OC(c1ccc(Cl)cc1)C(Cl)n1ccnc1. The van der Waals surface area contributed by atoms with Crippen LogP contribution in [0, 0.1) is 0 Å². The Morgan fingerprint density at radius 1 is 1.40 bits per heavy atom. The topological polar surface area (TPSA) is 44.1 Å². The minimum absolute atomic E-state index is 0.289. The van der Waals surface area contributed by atoms with Crippen LogP contribution in [0.5, 0.6) is 0 Å². The molecule has 2 aromatic rings. The maximum Gasteiger partial charge on any atom is 0.306 e. The monoisotopic (exact) mass is 312 g/mol. The van der Waals surface area contributed by atoms with Gasteiger partial charge in [0.25, 0.3) is 0 Å². The second-order valence-corrected chi connectivity index (χ2v) is 5.08. The number of carbonyl (C=O) groups excluding carboxylic acids is 1. The fourth-order valence-electron chi connectivity index (χ4n) is 1.73. The summed E-state index contributed by atoms with van der Waals surface area (Å²) in [5.41, 5.74) is 0.207. The third-order valence-corrected chi connectivity index (χ3v) is 3.51. The van der Waals surface area contributed by atoms with E-state index in [0.29, 0.717) is 5.02 Å². The van der Waals surface area contributed by atoms with Crippen molar-refractivity contribution in [3.05, 3.63) is 53.6 Å². The van der Waals surface area contributed by atoms with E-state index in [9.17, 15) is 4.79 Å². The molecule has 2 atom stereocenters. The van der Waals surface area contributed by atoms with E-state index in [0.717, 1.165) is 5.56 Å². The molecule has 0 spiro atoms. The van der Waals surface area contributed by atoms with Gasteiger partial charge in [-0.05, 0) is 17.7 Å². The number of alkyl halides is 1. The molecule has 0 aliphatic rings. The predicted octanol–water partition coefficient (Wildman–Crippen LogP) is 3.97. The Kier molecular flexibility index (Phi) is 5.04. The van der Waals surface area contributed by atoms with Crippen LogP contribution in [0.1, 0.15) is 30.5 Å². The molecule has 0 aliphatic heterocycles. The van der Waals surface area contributed by atoms with E-state index >= 15 is 0 Å². The summed E-state index contributed by atoms with van der Waals surface area (Å²) in [6, 6.07) is 7.06.